The normalized spacial score (nSPS) is 11.8. The molecule has 0 heterocycles. The minimum atomic E-state index is -0.568. The van der Waals surface area contributed by atoms with Crippen LogP contribution in [0.1, 0.15) is 20.3 Å². The van der Waals surface area contributed by atoms with Crippen LogP contribution in [0.4, 0.5) is 0 Å². The van der Waals surface area contributed by atoms with Crippen LogP contribution >= 0.6 is 11.8 Å². The quantitative estimate of drug-likeness (QED) is 0.484. The SMILES string of the molecule is CCSCCC(C#N)OC(C)=O. The van der Waals surface area contributed by atoms with Crippen LogP contribution in [0.5, 0.6) is 0 Å². The van der Waals surface area contributed by atoms with Crippen molar-refractivity contribution in [1.29, 1.82) is 5.26 Å². The summed E-state index contributed by atoms with van der Waals surface area (Å²) < 4.78 is 4.73. The maximum atomic E-state index is 10.5. The number of ether oxygens (including phenoxy) is 1. The Morgan fingerprint density at radius 2 is 2.42 bits per heavy atom. The van der Waals surface area contributed by atoms with E-state index in [0.717, 1.165) is 11.5 Å². The molecule has 0 bridgehead atoms. The number of nitriles is 1. The van der Waals surface area contributed by atoms with Crippen molar-refractivity contribution in [2.45, 2.75) is 26.4 Å². The molecule has 0 aromatic heterocycles. The average molecular weight is 187 g/mol. The lowest BCUT2D eigenvalue weighted by Gasteiger charge is -2.07. The Balaban J connectivity index is 3.55. The molecule has 0 saturated carbocycles. The lowest BCUT2D eigenvalue weighted by Crippen LogP contribution is -2.14. The number of hydrogen-bond acceptors (Lipinski definition) is 4. The van der Waals surface area contributed by atoms with Gasteiger partial charge in [0.1, 0.15) is 6.07 Å². The van der Waals surface area contributed by atoms with Gasteiger partial charge in [-0.15, -0.1) is 0 Å². The van der Waals surface area contributed by atoms with Crippen molar-refractivity contribution in [2.75, 3.05) is 11.5 Å². The highest BCUT2D eigenvalue weighted by Gasteiger charge is 2.09. The van der Waals surface area contributed by atoms with E-state index in [1.54, 1.807) is 11.8 Å². The van der Waals surface area contributed by atoms with E-state index in [2.05, 4.69) is 6.92 Å². The van der Waals surface area contributed by atoms with Crippen LogP contribution < -0.4 is 0 Å². The molecule has 0 aliphatic carbocycles. The molecular weight excluding hydrogens is 174 g/mol. The first kappa shape index (κ1) is 11.3. The Kier molecular flexibility index (Phi) is 6.58. The van der Waals surface area contributed by atoms with E-state index in [0.29, 0.717) is 6.42 Å². The molecule has 0 rings (SSSR count). The molecule has 0 radical (unpaired) electrons. The predicted octanol–water partition coefficient (Wildman–Crippen LogP) is 1.58. The minimum absolute atomic E-state index is 0.386. The van der Waals surface area contributed by atoms with Gasteiger partial charge in [0, 0.05) is 13.3 Å². The molecule has 0 saturated heterocycles. The largest absolute Gasteiger partial charge is 0.447 e. The number of carbonyl (C=O) groups excluding carboxylic acids is 1. The zero-order valence-corrected chi connectivity index (χ0v) is 8.19. The van der Waals surface area contributed by atoms with E-state index >= 15 is 0 Å². The Labute approximate surface area is 77.1 Å². The minimum Gasteiger partial charge on any atom is -0.447 e. The first-order valence-electron chi connectivity index (χ1n) is 3.85. The molecule has 0 spiro atoms. The van der Waals surface area contributed by atoms with E-state index in [4.69, 9.17) is 10.00 Å². The summed E-state index contributed by atoms with van der Waals surface area (Å²) in [5.41, 5.74) is 0. The van der Waals surface area contributed by atoms with Gasteiger partial charge in [-0.25, -0.2) is 0 Å². The molecular formula is C8H13NO2S. The van der Waals surface area contributed by atoms with Crippen LogP contribution in [-0.4, -0.2) is 23.6 Å². The number of nitrogens with zero attached hydrogens (tertiary/aromatic N) is 1. The maximum absolute atomic E-state index is 10.5. The summed E-state index contributed by atoms with van der Waals surface area (Å²) >= 11 is 1.74. The van der Waals surface area contributed by atoms with E-state index in [1.165, 1.54) is 6.92 Å². The van der Waals surface area contributed by atoms with Crippen LogP contribution in [0, 0.1) is 11.3 Å². The van der Waals surface area contributed by atoms with Crippen molar-refractivity contribution in [2.24, 2.45) is 0 Å². The van der Waals surface area contributed by atoms with Gasteiger partial charge in [0.15, 0.2) is 6.10 Å². The first-order valence-corrected chi connectivity index (χ1v) is 5.00. The predicted molar refractivity (Wildman–Crippen MR) is 48.8 cm³/mol. The summed E-state index contributed by atoms with van der Waals surface area (Å²) in [6.45, 7) is 3.37. The van der Waals surface area contributed by atoms with E-state index in [9.17, 15) is 4.79 Å². The van der Waals surface area contributed by atoms with Gasteiger partial charge in [-0.3, -0.25) is 4.79 Å². The van der Waals surface area contributed by atoms with Gasteiger partial charge in [0.2, 0.25) is 0 Å². The maximum Gasteiger partial charge on any atom is 0.303 e. The van der Waals surface area contributed by atoms with Crippen molar-refractivity contribution in [3.05, 3.63) is 0 Å². The van der Waals surface area contributed by atoms with Crippen LogP contribution in [0.15, 0.2) is 0 Å². The number of carbonyl (C=O) groups is 1. The number of esters is 1. The summed E-state index contributed by atoms with van der Waals surface area (Å²) in [6, 6.07) is 1.94. The third-order valence-electron chi connectivity index (χ3n) is 1.18. The van der Waals surface area contributed by atoms with Gasteiger partial charge < -0.3 is 4.74 Å². The third kappa shape index (κ3) is 6.05. The lowest BCUT2D eigenvalue weighted by atomic mass is 10.3. The van der Waals surface area contributed by atoms with E-state index in [-0.39, 0.29) is 5.97 Å². The van der Waals surface area contributed by atoms with Crippen LogP contribution in [-0.2, 0) is 9.53 Å². The molecule has 0 aromatic rings. The highest BCUT2D eigenvalue weighted by molar-refractivity contribution is 7.99. The van der Waals surface area contributed by atoms with Gasteiger partial charge in [0.25, 0.3) is 0 Å². The van der Waals surface area contributed by atoms with E-state index in [1.807, 2.05) is 6.07 Å². The van der Waals surface area contributed by atoms with Crippen LogP contribution in [0.2, 0.25) is 0 Å². The van der Waals surface area contributed by atoms with Gasteiger partial charge in [-0.05, 0) is 11.5 Å². The standard InChI is InChI=1S/C8H13NO2S/c1-3-12-5-4-8(6-9)11-7(2)10/h8H,3-5H2,1-2H3. The molecule has 3 nitrogen and oxygen atoms in total. The van der Waals surface area contributed by atoms with Gasteiger partial charge in [-0.1, -0.05) is 6.92 Å². The van der Waals surface area contributed by atoms with Crippen LogP contribution in [0.3, 0.4) is 0 Å². The molecule has 0 aliphatic rings. The smallest absolute Gasteiger partial charge is 0.303 e. The Morgan fingerprint density at radius 3 is 2.83 bits per heavy atom. The number of rotatable bonds is 5. The van der Waals surface area contributed by atoms with E-state index < -0.39 is 6.10 Å². The van der Waals surface area contributed by atoms with Gasteiger partial charge in [0.05, 0.1) is 0 Å². The molecule has 12 heavy (non-hydrogen) atoms. The molecule has 0 aromatic carbocycles. The number of hydrogen-bond donors (Lipinski definition) is 0. The van der Waals surface area contributed by atoms with Crippen molar-refractivity contribution < 1.29 is 9.53 Å². The van der Waals surface area contributed by atoms with Crippen molar-refractivity contribution in [1.82, 2.24) is 0 Å². The molecule has 1 unspecified atom stereocenters. The topological polar surface area (TPSA) is 50.1 Å². The van der Waals surface area contributed by atoms with Crippen molar-refractivity contribution in [3.63, 3.8) is 0 Å². The van der Waals surface area contributed by atoms with Crippen molar-refractivity contribution >= 4 is 17.7 Å². The molecule has 0 fully saturated rings. The van der Waals surface area contributed by atoms with Crippen molar-refractivity contribution in [3.8, 4) is 6.07 Å². The highest BCUT2D eigenvalue weighted by Crippen LogP contribution is 2.06. The first-order chi connectivity index (χ1) is 5.70. The number of thioether (sulfide) groups is 1. The molecule has 0 aliphatic heterocycles. The zero-order valence-electron chi connectivity index (χ0n) is 7.37. The molecule has 0 amide bonds. The molecule has 1 atom stereocenters. The zero-order chi connectivity index (χ0) is 9.40. The fraction of sp³-hybridized carbons (Fsp3) is 0.750. The third-order valence-corrected chi connectivity index (χ3v) is 2.11. The second-order valence-corrected chi connectivity index (χ2v) is 3.61. The lowest BCUT2D eigenvalue weighted by molar-refractivity contribution is -0.143. The van der Waals surface area contributed by atoms with Gasteiger partial charge >= 0.3 is 5.97 Å². The summed E-state index contributed by atoms with van der Waals surface area (Å²) in [5, 5.41) is 8.54. The second-order valence-electron chi connectivity index (χ2n) is 2.21. The second kappa shape index (κ2) is 6.99. The fourth-order valence-electron chi connectivity index (χ4n) is 0.685. The van der Waals surface area contributed by atoms with Crippen LogP contribution in [0.25, 0.3) is 0 Å². The summed E-state index contributed by atoms with van der Waals surface area (Å²) in [7, 11) is 0. The summed E-state index contributed by atoms with van der Waals surface area (Å²) in [5.74, 6) is 1.50. The fourth-order valence-corrected chi connectivity index (χ4v) is 1.35. The summed E-state index contributed by atoms with van der Waals surface area (Å²) in [6.07, 6.45) is 0.0516. The molecule has 0 N–H and O–H groups in total. The Hall–Kier alpha value is -0.690. The highest BCUT2D eigenvalue weighted by atomic mass is 32.2. The molecule has 68 valence electrons. The molecule has 4 heteroatoms. The Morgan fingerprint density at radius 1 is 1.75 bits per heavy atom. The monoisotopic (exact) mass is 187 g/mol. The Bertz CT molecular complexity index is 176. The summed E-state index contributed by atoms with van der Waals surface area (Å²) in [4.78, 5) is 10.5. The average Bonchev–Trinajstić information content (AvgIpc) is 2.02. The van der Waals surface area contributed by atoms with Gasteiger partial charge in [-0.2, -0.15) is 17.0 Å².